The first-order valence-corrected chi connectivity index (χ1v) is 15.4. The zero-order valence-corrected chi connectivity index (χ0v) is 26.1. The Labute approximate surface area is 262 Å². The number of fused-ring (bicyclic) bond motifs is 1. The maximum Gasteiger partial charge on any atom is 0.573 e. The van der Waals surface area contributed by atoms with E-state index >= 15 is 4.79 Å². The van der Waals surface area contributed by atoms with Gasteiger partial charge in [-0.25, -0.2) is 12.7 Å². The number of anilines is 1. The van der Waals surface area contributed by atoms with E-state index in [1.807, 2.05) is 0 Å². The van der Waals surface area contributed by atoms with Crippen molar-refractivity contribution in [1.82, 2.24) is 9.80 Å². The lowest BCUT2D eigenvalue weighted by Crippen LogP contribution is -2.59. The van der Waals surface area contributed by atoms with Crippen molar-refractivity contribution in [3.8, 4) is 11.5 Å². The van der Waals surface area contributed by atoms with Crippen molar-refractivity contribution in [1.29, 1.82) is 0 Å². The number of carbonyl (C=O) groups excluding carboxylic acids is 2. The first-order chi connectivity index (χ1) is 21.0. The molecule has 15 heteroatoms. The second-order valence-electron chi connectivity index (χ2n) is 11.0. The molecule has 240 valence electrons. The Hall–Kier alpha value is -3.85. The third-order valence-corrected chi connectivity index (χ3v) is 9.78. The number of aliphatic hydroxyl groups is 1. The Balaban J connectivity index is 1.80. The fourth-order valence-corrected chi connectivity index (χ4v) is 7.65. The molecule has 10 nitrogen and oxygen atoms in total. The summed E-state index contributed by atoms with van der Waals surface area (Å²) in [5.41, 5.74) is -1.16. The molecule has 3 atom stereocenters. The van der Waals surface area contributed by atoms with E-state index in [1.165, 1.54) is 49.2 Å². The van der Waals surface area contributed by atoms with Gasteiger partial charge in [-0.15, -0.1) is 13.2 Å². The Morgan fingerprint density at radius 3 is 2.33 bits per heavy atom. The maximum atomic E-state index is 15.1. The molecule has 2 aliphatic heterocycles. The summed E-state index contributed by atoms with van der Waals surface area (Å²) in [5, 5.41) is 11.1. The molecule has 0 spiro atoms. The smallest absolute Gasteiger partial charge is 0.496 e. The van der Waals surface area contributed by atoms with Crippen LogP contribution in [0.4, 0.5) is 18.9 Å². The van der Waals surface area contributed by atoms with Gasteiger partial charge >= 0.3 is 6.36 Å². The van der Waals surface area contributed by atoms with Gasteiger partial charge in [-0.3, -0.25) is 14.5 Å². The SMILES string of the molecule is COc1ccc(C)cc1C1(N2C[C@H](O)C[C@H]2C(=O)N(C)C)C(=O)N(S(=O)(=O)c2ccc(OC(F)(F)F)cc2)c2ccc(Cl)cc21. The fourth-order valence-electron chi connectivity index (χ4n) is 6.02. The Morgan fingerprint density at radius 2 is 1.73 bits per heavy atom. The zero-order valence-electron chi connectivity index (χ0n) is 24.5. The molecule has 0 aromatic heterocycles. The lowest BCUT2D eigenvalue weighted by molar-refractivity contribution is -0.274. The summed E-state index contributed by atoms with van der Waals surface area (Å²) in [4.78, 5) is 30.9. The number of rotatable bonds is 7. The van der Waals surface area contributed by atoms with Crippen LogP contribution in [0.1, 0.15) is 23.1 Å². The number of likely N-dealkylation sites (tertiary alicyclic amines) is 1. The van der Waals surface area contributed by atoms with Gasteiger partial charge < -0.3 is 19.5 Å². The van der Waals surface area contributed by atoms with Crippen LogP contribution in [0, 0.1) is 6.92 Å². The number of carbonyl (C=O) groups is 2. The van der Waals surface area contributed by atoms with E-state index in [-0.39, 0.29) is 40.6 Å². The van der Waals surface area contributed by atoms with Gasteiger partial charge in [0.25, 0.3) is 15.9 Å². The topological polar surface area (TPSA) is 117 Å². The van der Waals surface area contributed by atoms with Gasteiger partial charge in [0.1, 0.15) is 11.5 Å². The van der Waals surface area contributed by atoms with Gasteiger partial charge in [0, 0.05) is 36.8 Å². The summed E-state index contributed by atoms with van der Waals surface area (Å²) in [7, 11) is -0.380. The van der Waals surface area contributed by atoms with E-state index in [1.54, 1.807) is 25.1 Å². The Bertz CT molecular complexity index is 1770. The van der Waals surface area contributed by atoms with Gasteiger partial charge in [0.05, 0.1) is 29.8 Å². The Morgan fingerprint density at radius 1 is 1.07 bits per heavy atom. The lowest BCUT2D eigenvalue weighted by Gasteiger charge is -2.42. The van der Waals surface area contributed by atoms with Gasteiger partial charge in [-0.1, -0.05) is 23.2 Å². The number of aliphatic hydroxyl groups excluding tert-OH is 1. The van der Waals surface area contributed by atoms with E-state index in [9.17, 15) is 31.5 Å². The minimum atomic E-state index is -5.00. The van der Waals surface area contributed by atoms with Crippen molar-refractivity contribution in [2.75, 3.05) is 32.1 Å². The molecule has 2 amide bonds. The number of ether oxygens (including phenoxy) is 2. The number of sulfonamides is 1. The molecule has 1 saturated heterocycles. The largest absolute Gasteiger partial charge is 0.573 e. The molecule has 3 aromatic rings. The van der Waals surface area contributed by atoms with Crippen LogP contribution in [0.25, 0.3) is 0 Å². The fraction of sp³-hybridized carbons (Fsp3) is 0.333. The van der Waals surface area contributed by atoms with Crippen LogP contribution >= 0.6 is 11.6 Å². The molecule has 2 aliphatic rings. The van der Waals surface area contributed by atoms with Crippen molar-refractivity contribution < 1.29 is 45.8 Å². The van der Waals surface area contributed by atoms with Crippen LogP contribution in [0.5, 0.6) is 11.5 Å². The number of hydrogen-bond donors (Lipinski definition) is 1. The quantitative estimate of drug-likeness (QED) is 0.401. The zero-order chi connectivity index (χ0) is 33.1. The van der Waals surface area contributed by atoms with Crippen molar-refractivity contribution in [2.45, 2.75) is 42.3 Å². The monoisotopic (exact) mass is 667 g/mol. The number of aryl methyl sites for hydroxylation is 1. The van der Waals surface area contributed by atoms with E-state index in [0.29, 0.717) is 9.87 Å². The Kier molecular flexibility index (Phi) is 8.32. The normalized spacial score (nSPS) is 22.0. The van der Waals surface area contributed by atoms with Crippen molar-refractivity contribution in [2.24, 2.45) is 0 Å². The van der Waals surface area contributed by atoms with Gasteiger partial charge in [0.15, 0.2) is 5.54 Å². The van der Waals surface area contributed by atoms with E-state index in [2.05, 4.69) is 4.74 Å². The van der Waals surface area contributed by atoms with E-state index < -0.39 is 56.5 Å². The number of hydrogen-bond acceptors (Lipinski definition) is 8. The predicted molar refractivity (Wildman–Crippen MR) is 158 cm³/mol. The van der Waals surface area contributed by atoms with Crippen LogP contribution in [-0.4, -0.2) is 81.4 Å². The molecule has 3 aromatic carbocycles. The minimum absolute atomic E-state index is 0.0521. The standard InChI is InChI=1S/C30H29ClF3N3O7S/c1-17-5-12-26(43-4)23(13-17)29(36-16-19(38)15-25(36)27(39)35(2)3)22-14-18(31)6-11-24(22)37(28(29)40)45(41,42)21-9-7-20(8-10-21)44-30(32,33)34/h5-14,19,25,38H,15-16H2,1-4H3/t19-,25+,29?/m1/s1. The highest BCUT2D eigenvalue weighted by atomic mass is 35.5. The van der Waals surface area contributed by atoms with Crippen LogP contribution in [0.2, 0.25) is 5.02 Å². The summed E-state index contributed by atoms with van der Waals surface area (Å²) in [6.07, 6.45) is -6.12. The van der Waals surface area contributed by atoms with Crippen LogP contribution in [-0.2, 0) is 25.2 Å². The van der Waals surface area contributed by atoms with E-state index in [0.717, 1.165) is 24.3 Å². The second-order valence-corrected chi connectivity index (χ2v) is 13.2. The molecule has 1 fully saturated rings. The molecule has 0 bridgehead atoms. The summed E-state index contributed by atoms with van der Waals surface area (Å²) in [5.74, 6) is -1.91. The molecule has 2 heterocycles. The molecule has 0 aliphatic carbocycles. The number of methoxy groups -OCH3 is 1. The second kappa shape index (κ2) is 11.5. The number of alkyl halides is 3. The number of nitrogens with zero attached hydrogens (tertiary/aromatic N) is 3. The summed E-state index contributed by atoms with van der Waals surface area (Å²) >= 11 is 6.47. The maximum absolute atomic E-state index is 15.1. The highest BCUT2D eigenvalue weighted by Crippen LogP contribution is 2.55. The number of likely N-dealkylation sites (N-methyl/N-ethyl adjacent to an activating group) is 1. The van der Waals surface area contributed by atoms with Crippen LogP contribution < -0.4 is 13.8 Å². The van der Waals surface area contributed by atoms with Gasteiger partial charge in [-0.2, -0.15) is 0 Å². The van der Waals surface area contributed by atoms with Crippen LogP contribution in [0.3, 0.4) is 0 Å². The van der Waals surface area contributed by atoms with Crippen molar-refractivity contribution in [3.05, 3.63) is 82.4 Å². The molecule has 0 saturated carbocycles. The highest BCUT2D eigenvalue weighted by Gasteiger charge is 2.64. The molecule has 0 radical (unpaired) electrons. The summed E-state index contributed by atoms with van der Waals surface area (Å²) in [6, 6.07) is 11.5. The van der Waals surface area contributed by atoms with Crippen molar-refractivity contribution >= 4 is 39.1 Å². The number of benzene rings is 3. The molecule has 1 unspecified atom stereocenters. The predicted octanol–water partition coefficient (Wildman–Crippen LogP) is 4.06. The molecule has 1 N–H and O–H groups in total. The molecular weight excluding hydrogens is 639 g/mol. The minimum Gasteiger partial charge on any atom is -0.496 e. The summed E-state index contributed by atoms with van der Waals surface area (Å²) < 4.78 is 76.9. The van der Waals surface area contributed by atoms with Gasteiger partial charge in [0.2, 0.25) is 5.91 Å². The van der Waals surface area contributed by atoms with Crippen molar-refractivity contribution in [3.63, 3.8) is 0 Å². The number of amides is 2. The first kappa shape index (κ1) is 32.5. The third kappa shape index (κ3) is 5.49. The third-order valence-electron chi connectivity index (χ3n) is 7.84. The number of β-amino-alcohol motifs (C(OH)–C–C–N with tert-alkyl or cyclic N) is 1. The van der Waals surface area contributed by atoms with Gasteiger partial charge in [-0.05, 0) is 67.9 Å². The average Bonchev–Trinajstić information content (AvgIpc) is 3.46. The molecular formula is C30H29ClF3N3O7S. The highest BCUT2D eigenvalue weighted by molar-refractivity contribution is 7.93. The first-order valence-electron chi connectivity index (χ1n) is 13.6. The number of halogens is 4. The summed E-state index contributed by atoms with van der Waals surface area (Å²) in [6.45, 7) is 1.56. The lowest BCUT2D eigenvalue weighted by atomic mass is 9.80. The molecule has 5 rings (SSSR count). The van der Waals surface area contributed by atoms with Crippen LogP contribution in [0.15, 0.2) is 65.6 Å². The van der Waals surface area contributed by atoms with E-state index in [4.69, 9.17) is 16.3 Å². The average molecular weight is 668 g/mol. The molecule has 45 heavy (non-hydrogen) atoms.